The summed E-state index contributed by atoms with van der Waals surface area (Å²) >= 11 is 1.28. The quantitative estimate of drug-likeness (QED) is 0.300. The lowest BCUT2D eigenvalue weighted by molar-refractivity contribution is -0.137. The smallest absolute Gasteiger partial charge is 0.408 e. The molecule has 7 nitrogen and oxygen atoms in total. The standard InChI is InChI=1S/C11H14F3N5O2S/c12-11(13,14)6-17-10(15)19-7-4-16-5-8(18-7)22-3-1-2-9(20)21/h4-5H,1-3,6H2,(H,20,21)(H3,15,17,18,19). The van der Waals surface area contributed by atoms with Crippen molar-refractivity contribution in [1.29, 1.82) is 0 Å². The molecule has 0 aliphatic rings. The molecule has 4 N–H and O–H groups in total. The molecule has 22 heavy (non-hydrogen) atoms. The summed E-state index contributed by atoms with van der Waals surface area (Å²) in [7, 11) is 0. The van der Waals surface area contributed by atoms with E-state index in [-0.39, 0.29) is 12.2 Å². The highest BCUT2D eigenvalue weighted by atomic mass is 32.2. The van der Waals surface area contributed by atoms with Crippen molar-refractivity contribution in [3.8, 4) is 0 Å². The molecule has 0 radical (unpaired) electrons. The van der Waals surface area contributed by atoms with E-state index in [0.29, 0.717) is 17.2 Å². The Morgan fingerprint density at radius 2 is 2.18 bits per heavy atom. The largest absolute Gasteiger partial charge is 0.481 e. The number of carboxylic acids is 1. The van der Waals surface area contributed by atoms with Crippen LogP contribution in [0.1, 0.15) is 12.8 Å². The number of nitrogens with two attached hydrogens (primary N) is 1. The van der Waals surface area contributed by atoms with Crippen molar-refractivity contribution >= 4 is 29.5 Å². The number of carbonyl (C=O) groups is 1. The van der Waals surface area contributed by atoms with Gasteiger partial charge >= 0.3 is 12.1 Å². The van der Waals surface area contributed by atoms with Gasteiger partial charge in [-0.1, -0.05) is 0 Å². The minimum atomic E-state index is -4.43. The Kier molecular flexibility index (Phi) is 6.89. The van der Waals surface area contributed by atoms with Gasteiger partial charge in [-0.15, -0.1) is 11.8 Å². The van der Waals surface area contributed by atoms with Crippen LogP contribution >= 0.6 is 11.8 Å². The maximum Gasteiger partial charge on any atom is 0.408 e. The number of carboxylic acid groups (broad SMARTS) is 1. The Morgan fingerprint density at radius 3 is 2.82 bits per heavy atom. The average Bonchev–Trinajstić information content (AvgIpc) is 2.41. The number of nitrogens with zero attached hydrogens (tertiary/aromatic N) is 3. The predicted molar refractivity (Wildman–Crippen MR) is 75.8 cm³/mol. The number of halogens is 3. The van der Waals surface area contributed by atoms with Crippen LogP contribution in [0.4, 0.5) is 19.0 Å². The molecule has 0 aliphatic carbocycles. The zero-order valence-corrected chi connectivity index (χ0v) is 12.1. The molecule has 1 aromatic rings. The summed E-state index contributed by atoms with van der Waals surface area (Å²) in [6.45, 7) is -1.39. The Morgan fingerprint density at radius 1 is 1.45 bits per heavy atom. The normalized spacial score (nSPS) is 12.2. The van der Waals surface area contributed by atoms with Crippen molar-refractivity contribution in [3.05, 3.63) is 12.4 Å². The van der Waals surface area contributed by atoms with Crippen LogP contribution in [0.25, 0.3) is 0 Å². The molecule has 0 aliphatic heterocycles. The lowest BCUT2D eigenvalue weighted by atomic mass is 10.3. The van der Waals surface area contributed by atoms with E-state index >= 15 is 0 Å². The molecule has 11 heteroatoms. The van der Waals surface area contributed by atoms with E-state index in [2.05, 4.69) is 20.3 Å². The Labute approximate surface area is 128 Å². The first-order valence-electron chi connectivity index (χ1n) is 6.06. The molecule has 0 saturated heterocycles. The highest BCUT2D eigenvalue weighted by molar-refractivity contribution is 7.99. The zero-order valence-electron chi connectivity index (χ0n) is 11.3. The topological polar surface area (TPSA) is 113 Å². The van der Waals surface area contributed by atoms with E-state index < -0.39 is 24.6 Å². The van der Waals surface area contributed by atoms with Gasteiger partial charge in [-0.05, 0) is 6.42 Å². The van der Waals surface area contributed by atoms with Crippen LogP contribution in [-0.4, -0.2) is 45.5 Å². The number of alkyl halides is 3. The first-order valence-corrected chi connectivity index (χ1v) is 7.05. The maximum absolute atomic E-state index is 12.0. The van der Waals surface area contributed by atoms with Crippen LogP contribution < -0.4 is 11.1 Å². The van der Waals surface area contributed by atoms with Crippen LogP contribution in [0.15, 0.2) is 22.4 Å². The maximum atomic E-state index is 12.0. The Bertz CT molecular complexity index is 539. The second-order valence-electron chi connectivity index (χ2n) is 4.03. The summed E-state index contributed by atoms with van der Waals surface area (Å²) in [5, 5.41) is 11.4. The van der Waals surface area contributed by atoms with E-state index in [1.54, 1.807) is 0 Å². The van der Waals surface area contributed by atoms with Crippen molar-refractivity contribution in [2.24, 2.45) is 10.7 Å². The highest BCUT2D eigenvalue weighted by Gasteiger charge is 2.26. The third-order valence-electron chi connectivity index (χ3n) is 2.08. The van der Waals surface area contributed by atoms with Gasteiger partial charge in [0.1, 0.15) is 11.6 Å². The number of nitrogens with one attached hydrogen (secondary N) is 1. The summed E-state index contributed by atoms with van der Waals surface area (Å²) < 4.78 is 36.0. The Balaban J connectivity index is 2.51. The van der Waals surface area contributed by atoms with Crippen LogP contribution in [-0.2, 0) is 4.79 Å². The van der Waals surface area contributed by atoms with Gasteiger partial charge in [0.15, 0.2) is 11.8 Å². The zero-order chi connectivity index (χ0) is 16.6. The molecule has 0 amide bonds. The van der Waals surface area contributed by atoms with E-state index in [1.807, 2.05) is 0 Å². The van der Waals surface area contributed by atoms with Crippen LogP contribution in [0.5, 0.6) is 0 Å². The van der Waals surface area contributed by atoms with Gasteiger partial charge in [-0.2, -0.15) is 13.2 Å². The third-order valence-corrected chi connectivity index (χ3v) is 3.07. The molecule has 1 rings (SSSR count). The van der Waals surface area contributed by atoms with Gasteiger partial charge < -0.3 is 16.2 Å². The number of guanidine groups is 1. The summed E-state index contributed by atoms with van der Waals surface area (Å²) in [4.78, 5) is 21.4. The number of aliphatic imine (C=N–C) groups is 1. The van der Waals surface area contributed by atoms with Crippen molar-refractivity contribution in [3.63, 3.8) is 0 Å². The molecule has 1 heterocycles. The van der Waals surface area contributed by atoms with Crippen LogP contribution in [0.2, 0.25) is 0 Å². The number of rotatable bonds is 7. The van der Waals surface area contributed by atoms with Crippen LogP contribution in [0.3, 0.4) is 0 Å². The number of aliphatic carboxylic acids is 1. The van der Waals surface area contributed by atoms with Gasteiger partial charge in [0.2, 0.25) is 0 Å². The molecule has 1 aromatic heterocycles. The fourth-order valence-corrected chi connectivity index (χ4v) is 2.02. The second-order valence-corrected chi connectivity index (χ2v) is 5.15. The average molecular weight is 337 g/mol. The monoisotopic (exact) mass is 337 g/mol. The number of anilines is 1. The number of hydrogen-bond donors (Lipinski definition) is 3. The van der Waals surface area contributed by atoms with Gasteiger partial charge in [-0.3, -0.25) is 9.78 Å². The first kappa shape index (κ1) is 18.0. The molecular formula is C11H14F3N5O2S. The van der Waals surface area contributed by atoms with Crippen LogP contribution in [0, 0.1) is 0 Å². The van der Waals surface area contributed by atoms with Crippen molar-refractivity contribution < 1.29 is 23.1 Å². The molecule has 0 saturated carbocycles. The van der Waals surface area contributed by atoms with E-state index in [1.165, 1.54) is 24.2 Å². The summed E-state index contributed by atoms with van der Waals surface area (Å²) in [5.41, 5.74) is 5.32. The summed E-state index contributed by atoms with van der Waals surface area (Å²) in [6.07, 6.45) is -1.17. The molecule has 0 aromatic carbocycles. The molecule has 122 valence electrons. The lowest BCUT2D eigenvalue weighted by Crippen LogP contribution is -2.26. The minimum absolute atomic E-state index is 0.0510. The molecule has 0 atom stereocenters. The van der Waals surface area contributed by atoms with Gasteiger partial charge in [0.25, 0.3) is 0 Å². The Hall–Kier alpha value is -2.04. The summed E-state index contributed by atoms with van der Waals surface area (Å²) in [5.74, 6) is -0.607. The van der Waals surface area contributed by atoms with E-state index in [4.69, 9.17) is 10.8 Å². The number of hydrogen-bond acceptors (Lipinski definition) is 5. The number of thioether (sulfide) groups is 1. The second kappa shape index (κ2) is 8.41. The van der Waals surface area contributed by atoms with Crippen molar-refractivity contribution in [2.45, 2.75) is 24.0 Å². The van der Waals surface area contributed by atoms with Gasteiger partial charge in [0.05, 0.1) is 12.4 Å². The molecule has 0 fully saturated rings. The first-order chi connectivity index (χ1) is 10.3. The fraction of sp³-hybridized carbons (Fsp3) is 0.455. The van der Waals surface area contributed by atoms with Crippen molar-refractivity contribution in [1.82, 2.24) is 9.97 Å². The molecule has 0 unspecified atom stereocenters. The fourth-order valence-electron chi connectivity index (χ4n) is 1.22. The summed E-state index contributed by atoms with van der Waals surface area (Å²) in [6, 6.07) is 0. The minimum Gasteiger partial charge on any atom is -0.481 e. The molecule has 0 bridgehead atoms. The van der Waals surface area contributed by atoms with Gasteiger partial charge in [-0.25, -0.2) is 9.98 Å². The van der Waals surface area contributed by atoms with Crippen molar-refractivity contribution in [2.75, 3.05) is 17.6 Å². The molecule has 0 spiro atoms. The SMILES string of the molecule is N/C(=N/CC(F)(F)F)Nc1cncc(SCCCC(=O)O)n1. The third kappa shape index (κ3) is 8.29. The van der Waals surface area contributed by atoms with E-state index in [9.17, 15) is 18.0 Å². The molecular weight excluding hydrogens is 323 g/mol. The van der Waals surface area contributed by atoms with Gasteiger partial charge in [0, 0.05) is 12.2 Å². The van der Waals surface area contributed by atoms with E-state index in [0.717, 1.165) is 0 Å². The predicted octanol–water partition coefficient (Wildman–Crippen LogP) is 1.72. The number of aromatic nitrogens is 2. The lowest BCUT2D eigenvalue weighted by Gasteiger charge is -2.07. The highest BCUT2D eigenvalue weighted by Crippen LogP contribution is 2.18.